The quantitative estimate of drug-likeness (QED) is 0.925. The molecule has 21 heavy (non-hydrogen) atoms. The average molecular weight is 289 g/mol. The Morgan fingerprint density at radius 2 is 2.14 bits per heavy atom. The summed E-state index contributed by atoms with van der Waals surface area (Å²) in [6, 6.07) is 1.57. The Bertz CT molecular complexity index is 561. The van der Waals surface area contributed by atoms with Crippen molar-refractivity contribution in [1.29, 1.82) is 0 Å². The molecule has 1 N–H and O–H groups in total. The van der Waals surface area contributed by atoms with Gasteiger partial charge < -0.3 is 4.90 Å². The van der Waals surface area contributed by atoms with Gasteiger partial charge in [-0.05, 0) is 12.3 Å². The van der Waals surface area contributed by atoms with Crippen LogP contribution >= 0.6 is 0 Å². The number of nitrogens with one attached hydrogen (secondary N) is 1. The number of rotatable bonds is 3. The molecular formula is C16H23N3O2. The van der Waals surface area contributed by atoms with E-state index in [0.29, 0.717) is 13.0 Å². The van der Waals surface area contributed by atoms with Crippen LogP contribution in [0.4, 0.5) is 0 Å². The first-order valence-electron chi connectivity index (χ1n) is 8.07. The largest absolute Gasteiger partial charge is 0.338 e. The number of hydrogen-bond donors (Lipinski definition) is 1. The number of H-pyrrole nitrogens is 1. The molecule has 0 saturated heterocycles. The topological polar surface area (TPSA) is 66.1 Å². The zero-order valence-corrected chi connectivity index (χ0v) is 12.4. The summed E-state index contributed by atoms with van der Waals surface area (Å²) in [4.78, 5) is 25.6. The summed E-state index contributed by atoms with van der Waals surface area (Å²) in [5.41, 5.74) is 1.63. The van der Waals surface area contributed by atoms with E-state index >= 15 is 0 Å². The lowest BCUT2D eigenvalue weighted by atomic mass is 9.86. The zero-order chi connectivity index (χ0) is 14.7. The minimum absolute atomic E-state index is 0.190. The number of amides is 1. The van der Waals surface area contributed by atoms with Crippen LogP contribution in [0.2, 0.25) is 0 Å². The van der Waals surface area contributed by atoms with Crippen molar-refractivity contribution in [3.8, 4) is 0 Å². The SMILES string of the molecule is O=C(CCC1CCCCC1)N1CCc2n[nH]c(=O)cc2C1. The number of aromatic nitrogens is 2. The first-order chi connectivity index (χ1) is 10.2. The van der Waals surface area contributed by atoms with Gasteiger partial charge in [-0.15, -0.1) is 0 Å². The molecular weight excluding hydrogens is 266 g/mol. The van der Waals surface area contributed by atoms with Gasteiger partial charge in [-0.25, -0.2) is 5.10 Å². The number of carbonyl (C=O) groups is 1. The van der Waals surface area contributed by atoms with Crippen molar-refractivity contribution >= 4 is 5.91 Å². The molecule has 0 unspecified atom stereocenters. The summed E-state index contributed by atoms with van der Waals surface area (Å²) in [7, 11) is 0. The third-order valence-electron chi connectivity index (χ3n) is 4.80. The molecule has 1 amide bonds. The van der Waals surface area contributed by atoms with E-state index in [1.54, 1.807) is 6.07 Å². The van der Waals surface area contributed by atoms with Gasteiger partial charge in [0.15, 0.2) is 0 Å². The van der Waals surface area contributed by atoms with Crippen molar-refractivity contribution in [1.82, 2.24) is 15.1 Å². The van der Waals surface area contributed by atoms with Gasteiger partial charge in [-0.2, -0.15) is 5.10 Å². The van der Waals surface area contributed by atoms with E-state index in [-0.39, 0.29) is 11.5 Å². The Balaban J connectivity index is 1.55. The van der Waals surface area contributed by atoms with Crippen molar-refractivity contribution in [2.75, 3.05) is 6.54 Å². The van der Waals surface area contributed by atoms with Crippen LogP contribution in [0, 0.1) is 5.92 Å². The van der Waals surface area contributed by atoms with Crippen LogP contribution < -0.4 is 5.56 Å². The van der Waals surface area contributed by atoms with Crippen LogP contribution in [-0.2, 0) is 17.8 Å². The van der Waals surface area contributed by atoms with Gasteiger partial charge in [-0.1, -0.05) is 32.1 Å². The molecule has 1 aromatic rings. The second-order valence-corrected chi connectivity index (χ2v) is 6.31. The number of fused-ring (bicyclic) bond motifs is 1. The highest BCUT2D eigenvalue weighted by molar-refractivity contribution is 5.76. The van der Waals surface area contributed by atoms with Crippen LogP contribution in [0.15, 0.2) is 10.9 Å². The second-order valence-electron chi connectivity index (χ2n) is 6.31. The minimum Gasteiger partial charge on any atom is -0.338 e. The van der Waals surface area contributed by atoms with E-state index in [1.165, 1.54) is 32.1 Å². The lowest BCUT2D eigenvalue weighted by Gasteiger charge is -2.29. The van der Waals surface area contributed by atoms with Crippen molar-refractivity contribution in [3.05, 3.63) is 27.7 Å². The van der Waals surface area contributed by atoms with Crippen LogP contribution in [0.3, 0.4) is 0 Å². The third-order valence-corrected chi connectivity index (χ3v) is 4.80. The van der Waals surface area contributed by atoms with Gasteiger partial charge in [0.25, 0.3) is 5.56 Å². The predicted molar refractivity (Wildman–Crippen MR) is 79.8 cm³/mol. The Hall–Kier alpha value is -1.65. The average Bonchev–Trinajstić information content (AvgIpc) is 2.53. The molecule has 0 radical (unpaired) electrons. The molecule has 0 aromatic carbocycles. The first-order valence-corrected chi connectivity index (χ1v) is 8.07. The van der Waals surface area contributed by atoms with Crippen molar-refractivity contribution < 1.29 is 4.79 Å². The van der Waals surface area contributed by atoms with Gasteiger partial charge in [0.2, 0.25) is 5.91 Å². The van der Waals surface area contributed by atoms with Gasteiger partial charge in [0.05, 0.1) is 5.69 Å². The molecule has 5 nitrogen and oxygen atoms in total. The molecule has 1 saturated carbocycles. The highest BCUT2D eigenvalue weighted by atomic mass is 16.2. The van der Waals surface area contributed by atoms with E-state index in [9.17, 15) is 9.59 Å². The molecule has 0 atom stereocenters. The maximum Gasteiger partial charge on any atom is 0.264 e. The minimum atomic E-state index is -0.190. The van der Waals surface area contributed by atoms with Gasteiger partial charge in [0, 0.05) is 37.6 Å². The van der Waals surface area contributed by atoms with Crippen molar-refractivity contribution in [3.63, 3.8) is 0 Å². The fraction of sp³-hybridized carbons (Fsp3) is 0.688. The lowest BCUT2D eigenvalue weighted by molar-refractivity contribution is -0.132. The lowest BCUT2D eigenvalue weighted by Crippen LogP contribution is -2.37. The monoisotopic (exact) mass is 289 g/mol. The van der Waals surface area contributed by atoms with Crippen LogP contribution in [-0.4, -0.2) is 27.5 Å². The summed E-state index contributed by atoms with van der Waals surface area (Å²) < 4.78 is 0. The maximum absolute atomic E-state index is 12.4. The number of aromatic amines is 1. The van der Waals surface area contributed by atoms with E-state index in [2.05, 4.69) is 10.2 Å². The van der Waals surface area contributed by atoms with E-state index in [0.717, 1.165) is 36.6 Å². The Kier molecular flexibility index (Phi) is 4.36. The standard InChI is InChI=1S/C16H23N3O2/c20-15-10-13-11-19(9-8-14(13)17-18-15)16(21)7-6-12-4-2-1-3-5-12/h10,12H,1-9,11H2,(H,18,20). The second kappa shape index (κ2) is 6.41. The molecule has 1 fully saturated rings. The fourth-order valence-corrected chi connectivity index (χ4v) is 3.52. The van der Waals surface area contributed by atoms with Crippen LogP contribution in [0.1, 0.15) is 56.2 Å². The summed E-state index contributed by atoms with van der Waals surface area (Å²) in [5, 5.41) is 6.52. The van der Waals surface area contributed by atoms with E-state index in [1.807, 2.05) is 4.90 Å². The van der Waals surface area contributed by atoms with Gasteiger partial charge in [-0.3, -0.25) is 9.59 Å². The van der Waals surface area contributed by atoms with Gasteiger partial charge in [0.1, 0.15) is 0 Å². The molecule has 3 rings (SSSR count). The molecule has 2 heterocycles. The molecule has 1 aromatic heterocycles. The molecule has 0 bridgehead atoms. The number of nitrogens with zero attached hydrogens (tertiary/aromatic N) is 2. The van der Waals surface area contributed by atoms with Crippen LogP contribution in [0.5, 0.6) is 0 Å². The Morgan fingerprint density at radius 1 is 1.33 bits per heavy atom. The zero-order valence-electron chi connectivity index (χ0n) is 12.4. The van der Waals surface area contributed by atoms with Crippen LogP contribution in [0.25, 0.3) is 0 Å². The smallest absolute Gasteiger partial charge is 0.264 e. The predicted octanol–water partition coefficient (Wildman–Crippen LogP) is 2.02. The normalized spacial score (nSPS) is 19.3. The molecule has 5 heteroatoms. The van der Waals surface area contributed by atoms with E-state index < -0.39 is 0 Å². The fourth-order valence-electron chi connectivity index (χ4n) is 3.52. The van der Waals surface area contributed by atoms with Gasteiger partial charge >= 0.3 is 0 Å². The highest BCUT2D eigenvalue weighted by Crippen LogP contribution is 2.27. The third kappa shape index (κ3) is 3.52. The molecule has 0 spiro atoms. The Labute approximate surface area is 124 Å². The van der Waals surface area contributed by atoms with E-state index in [4.69, 9.17) is 0 Å². The maximum atomic E-state index is 12.4. The molecule has 1 aliphatic heterocycles. The van der Waals surface area contributed by atoms with Crippen molar-refractivity contribution in [2.24, 2.45) is 5.92 Å². The summed E-state index contributed by atoms with van der Waals surface area (Å²) in [5.74, 6) is 0.968. The number of carbonyl (C=O) groups excluding carboxylic acids is 1. The molecule has 114 valence electrons. The Morgan fingerprint density at radius 3 is 2.95 bits per heavy atom. The number of hydrogen-bond acceptors (Lipinski definition) is 3. The summed E-state index contributed by atoms with van der Waals surface area (Å²) in [6.45, 7) is 1.26. The molecule has 1 aliphatic carbocycles. The summed E-state index contributed by atoms with van der Waals surface area (Å²) >= 11 is 0. The molecule has 2 aliphatic rings. The first kappa shape index (κ1) is 14.3. The summed E-state index contributed by atoms with van der Waals surface area (Å²) in [6.07, 6.45) is 8.99. The van der Waals surface area contributed by atoms with Crippen molar-refractivity contribution in [2.45, 2.75) is 57.9 Å². The highest BCUT2D eigenvalue weighted by Gasteiger charge is 2.23.